The van der Waals surface area contributed by atoms with Crippen LogP contribution in [-0.4, -0.2) is 47.4 Å². The molecule has 0 amide bonds. The molecule has 3 aromatic carbocycles. The fourth-order valence-corrected chi connectivity index (χ4v) is 5.34. The number of fused-ring (bicyclic) bond motifs is 1. The first-order valence-electron chi connectivity index (χ1n) is 13.8. The number of ether oxygens (including phenoxy) is 1. The van der Waals surface area contributed by atoms with Crippen LogP contribution in [0.15, 0.2) is 60.7 Å². The number of nitrogens with zero attached hydrogens (tertiary/aromatic N) is 1. The third-order valence-electron chi connectivity index (χ3n) is 7.66. The van der Waals surface area contributed by atoms with Crippen LogP contribution >= 0.6 is 0 Å². The molecule has 3 N–H and O–H groups in total. The predicted octanol–water partition coefficient (Wildman–Crippen LogP) is 6.52. The van der Waals surface area contributed by atoms with Gasteiger partial charge in [0.15, 0.2) is 0 Å². The highest BCUT2D eigenvalue weighted by molar-refractivity contribution is 5.58. The SMILES string of the molecule is CCN(CC)CCOc1ccc(CCC(C)Nc2cc(O)ccc2C2CCc3cc(O)ccc3C2)cc1. The second-order valence-electron chi connectivity index (χ2n) is 10.3. The van der Waals surface area contributed by atoms with Crippen molar-refractivity contribution in [1.82, 2.24) is 4.90 Å². The first-order valence-corrected chi connectivity index (χ1v) is 13.8. The summed E-state index contributed by atoms with van der Waals surface area (Å²) in [5.74, 6) is 1.95. The number of phenolic OH excluding ortho intramolecular Hbond substituents is 2. The van der Waals surface area contributed by atoms with E-state index < -0.39 is 0 Å². The third kappa shape index (κ3) is 7.42. The van der Waals surface area contributed by atoms with Crippen LogP contribution in [0, 0.1) is 0 Å². The molecule has 4 rings (SSSR count). The van der Waals surface area contributed by atoms with Crippen molar-refractivity contribution in [3.63, 3.8) is 0 Å². The molecule has 2 atom stereocenters. The van der Waals surface area contributed by atoms with Gasteiger partial charge in [-0.1, -0.05) is 38.1 Å². The minimum atomic E-state index is 0.262. The molecule has 0 bridgehead atoms. The Morgan fingerprint density at radius 2 is 1.68 bits per heavy atom. The van der Waals surface area contributed by atoms with Crippen LogP contribution in [0.1, 0.15) is 61.8 Å². The first-order chi connectivity index (χ1) is 17.9. The van der Waals surface area contributed by atoms with Gasteiger partial charge in [0.1, 0.15) is 23.9 Å². The Morgan fingerprint density at radius 3 is 2.43 bits per heavy atom. The van der Waals surface area contributed by atoms with Crippen LogP contribution in [0.25, 0.3) is 0 Å². The number of rotatable bonds is 12. The Bertz CT molecular complexity index is 1140. The van der Waals surface area contributed by atoms with Crippen LogP contribution in [0.5, 0.6) is 17.2 Å². The van der Waals surface area contributed by atoms with Crippen LogP contribution in [0.2, 0.25) is 0 Å². The maximum atomic E-state index is 10.2. The van der Waals surface area contributed by atoms with Crippen molar-refractivity contribution in [1.29, 1.82) is 0 Å². The number of likely N-dealkylation sites (N-methyl/N-ethyl adjacent to an activating group) is 1. The fraction of sp³-hybridized carbons (Fsp3) is 0.438. The molecule has 0 spiro atoms. The molecule has 0 radical (unpaired) electrons. The Balaban J connectivity index is 1.32. The molecule has 198 valence electrons. The van der Waals surface area contributed by atoms with Crippen molar-refractivity contribution in [3.05, 3.63) is 82.9 Å². The lowest BCUT2D eigenvalue weighted by Crippen LogP contribution is -2.27. The molecule has 37 heavy (non-hydrogen) atoms. The van der Waals surface area contributed by atoms with Gasteiger partial charge in [-0.2, -0.15) is 0 Å². The van der Waals surface area contributed by atoms with Crippen molar-refractivity contribution in [2.45, 2.75) is 64.8 Å². The van der Waals surface area contributed by atoms with E-state index in [1.165, 1.54) is 22.3 Å². The number of anilines is 1. The Labute approximate surface area is 222 Å². The summed E-state index contributed by atoms with van der Waals surface area (Å²) in [6, 6.07) is 20.2. The second kappa shape index (κ2) is 12.9. The number of hydrogen-bond acceptors (Lipinski definition) is 5. The van der Waals surface area contributed by atoms with Gasteiger partial charge in [0.2, 0.25) is 0 Å². The van der Waals surface area contributed by atoms with Crippen molar-refractivity contribution >= 4 is 5.69 Å². The van der Waals surface area contributed by atoms with Crippen LogP contribution in [0.4, 0.5) is 5.69 Å². The maximum absolute atomic E-state index is 10.2. The molecule has 0 aromatic heterocycles. The highest BCUT2D eigenvalue weighted by Gasteiger charge is 2.23. The summed E-state index contributed by atoms with van der Waals surface area (Å²) in [5, 5.41) is 23.7. The number of nitrogens with one attached hydrogen (secondary N) is 1. The average Bonchev–Trinajstić information content (AvgIpc) is 2.90. The smallest absolute Gasteiger partial charge is 0.119 e. The number of aryl methyl sites for hydroxylation is 2. The quantitative estimate of drug-likeness (QED) is 0.263. The summed E-state index contributed by atoms with van der Waals surface area (Å²) in [4.78, 5) is 2.36. The monoisotopic (exact) mass is 502 g/mol. The van der Waals surface area contributed by atoms with Crippen molar-refractivity contribution in [3.8, 4) is 17.2 Å². The summed E-state index contributed by atoms with van der Waals surface area (Å²) in [7, 11) is 0. The summed E-state index contributed by atoms with van der Waals surface area (Å²) >= 11 is 0. The molecular weight excluding hydrogens is 460 g/mol. The molecule has 0 saturated heterocycles. The zero-order valence-electron chi connectivity index (χ0n) is 22.5. The van der Waals surface area contributed by atoms with Gasteiger partial charge in [0.05, 0.1) is 0 Å². The highest BCUT2D eigenvalue weighted by Crippen LogP contribution is 2.38. The van der Waals surface area contributed by atoms with Crippen LogP contribution in [-0.2, 0) is 19.3 Å². The number of phenols is 2. The molecule has 3 aromatic rings. The Morgan fingerprint density at radius 1 is 0.946 bits per heavy atom. The molecule has 0 saturated carbocycles. The molecule has 0 aliphatic heterocycles. The highest BCUT2D eigenvalue weighted by atomic mass is 16.5. The van der Waals surface area contributed by atoms with Gasteiger partial charge < -0.3 is 25.2 Å². The molecule has 5 nitrogen and oxygen atoms in total. The number of hydrogen-bond donors (Lipinski definition) is 3. The minimum Gasteiger partial charge on any atom is -0.508 e. The van der Waals surface area contributed by atoms with Gasteiger partial charge in [0, 0.05) is 24.3 Å². The fourth-order valence-electron chi connectivity index (χ4n) is 5.34. The Hall–Kier alpha value is -3.18. The lowest BCUT2D eigenvalue weighted by molar-refractivity contribution is 0.223. The van der Waals surface area contributed by atoms with Gasteiger partial charge in [-0.25, -0.2) is 0 Å². The van der Waals surface area contributed by atoms with Crippen molar-refractivity contribution in [2.24, 2.45) is 0 Å². The van der Waals surface area contributed by atoms with Crippen LogP contribution in [0.3, 0.4) is 0 Å². The van der Waals surface area contributed by atoms with E-state index >= 15 is 0 Å². The van der Waals surface area contributed by atoms with E-state index in [0.29, 0.717) is 18.3 Å². The number of aromatic hydroxyl groups is 2. The minimum absolute atomic E-state index is 0.262. The van der Waals surface area contributed by atoms with Crippen LogP contribution < -0.4 is 10.1 Å². The first kappa shape index (κ1) is 26.9. The van der Waals surface area contributed by atoms with E-state index in [4.69, 9.17) is 4.74 Å². The summed E-state index contributed by atoms with van der Waals surface area (Å²) in [5.41, 5.74) is 6.14. The predicted molar refractivity (Wildman–Crippen MR) is 152 cm³/mol. The van der Waals surface area contributed by atoms with Gasteiger partial charge >= 0.3 is 0 Å². The molecule has 1 aliphatic rings. The molecule has 1 aliphatic carbocycles. The standard InChI is InChI=1S/C32H42N2O3/c1-4-34(5-2)18-19-37-30-15-8-24(9-16-30)7-6-23(3)33-32-22-29(36)14-17-31(32)27-11-10-26-21-28(35)13-12-25(26)20-27/h8-9,12-17,21-23,27,33,35-36H,4-7,10-11,18-20H2,1-3H3. The van der Waals surface area contributed by atoms with Gasteiger partial charge in [-0.15, -0.1) is 0 Å². The van der Waals surface area contributed by atoms with E-state index in [1.54, 1.807) is 12.1 Å². The Kier molecular flexibility index (Phi) is 9.34. The normalized spacial score (nSPS) is 15.8. The topological polar surface area (TPSA) is 65.0 Å². The zero-order chi connectivity index (χ0) is 26.2. The molecule has 2 unspecified atom stereocenters. The summed E-state index contributed by atoms with van der Waals surface area (Å²) in [6.45, 7) is 10.3. The maximum Gasteiger partial charge on any atom is 0.119 e. The lowest BCUT2D eigenvalue weighted by atomic mass is 9.79. The molecular formula is C32H42N2O3. The largest absolute Gasteiger partial charge is 0.508 e. The summed E-state index contributed by atoms with van der Waals surface area (Å²) in [6.07, 6.45) is 4.91. The van der Waals surface area contributed by atoms with E-state index in [1.807, 2.05) is 18.2 Å². The van der Waals surface area contributed by atoms with Crippen molar-refractivity contribution < 1.29 is 14.9 Å². The number of benzene rings is 3. The summed E-state index contributed by atoms with van der Waals surface area (Å²) < 4.78 is 5.92. The molecule has 0 fully saturated rings. The zero-order valence-corrected chi connectivity index (χ0v) is 22.5. The van der Waals surface area contributed by atoms with E-state index in [0.717, 1.165) is 63.2 Å². The van der Waals surface area contributed by atoms with E-state index in [-0.39, 0.29) is 11.8 Å². The average molecular weight is 503 g/mol. The second-order valence-corrected chi connectivity index (χ2v) is 10.3. The van der Waals surface area contributed by atoms with Gasteiger partial charge in [-0.3, -0.25) is 0 Å². The van der Waals surface area contributed by atoms with Gasteiger partial charge in [0.25, 0.3) is 0 Å². The molecule has 5 heteroatoms. The lowest BCUT2D eigenvalue weighted by Gasteiger charge is -2.28. The van der Waals surface area contributed by atoms with Gasteiger partial charge in [-0.05, 0) is 111 Å². The van der Waals surface area contributed by atoms with Crippen molar-refractivity contribution in [2.75, 3.05) is 31.6 Å². The molecule has 0 heterocycles. The third-order valence-corrected chi connectivity index (χ3v) is 7.66. The van der Waals surface area contributed by atoms with E-state index in [2.05, 4.69) is 61.3 Å². The van der Waals surface area contributed by atoms with E-state index in [9.17, 15) is 10.2 Å².